The molecule has 134 valence electrons. The summed E-state index contributed by atoms with van der Waals surface area (Å²) in [7, 11) is 0. The molecular weight excluding hydrogens is 316 g/mol. The predicted molar refractivity (Wildman–Crippen MR) is 100 cm³/mol. The van der Waals surface area contributed by atoms with Crippen molar-refractivity contribution < 1.29 is 4.74 Å². The van der Waals surface area contributed by atoms with E-state index in [1.807, 2.05) is 44.2 Å². The number of ether oxygens (including phenoxy) is 1. The van der Waals surface area contributed by atoms with Crippen LogP contribution in [-0.4, -0.2) is 59.8 Å². The van der Waals surface area contributed by atoms with Crippen molar-refractivity contribution in [1.29, 1.82) is 0 Å². The van der Waals surface area contributed by atoms with Crippen LogP contribution in [0.3, 0.4) is 0 Å². The van der Waals surface area contributed by atoms with Gasteiger partial charge in [-0.15, -0.1) is 0 Å². The van der Waals surface area contributed by atoms with Crippen molar-refractivity contribution in [3.05, 3.63) is 51.9 Å². The molecule has 2 aromatic rings. The first-order valence-electron chi connectivity index (χ1n) is 8.85. The minimum Gasteiger partial charge on any atom is -0.379 e. The van der Waals surface area contributed by atoms with E-state index >= 15 is 0 Å². The highest BCUT2D eigenvalue weighted by atomic mass is 16.5. The van der Waals surface area contributed by atoms with Crippen LogP contribution in [0.1, 0.15) is 24.6 Å². The molecular formula is C19H26N4O2. The van der Waals surface area contributed by atoms with Crippen LogP contribution in [0.25, 0.3) is 5.69 Å². The van der Waals surface area contributed by atoms with Crippen LogP contribution in [0.15, 0.2) is 40.1 Å². The zero-order valence-corrected chi connectivity index (χ0v) is 15.0. The molecule has 0 bridgehead atoms. The number of para-hydroxylation sites is 1. The molecule has 0 spiro atoms. The molecule has 0 aliphatic carbocycles. The fourth-order valence-corrected chi connectivity index (χ4v) is 3.18. The van der Waals surface area contributed by atoms with E-state index < -0.39 is 0 Å². The topological polar surface area (TPSA) is 62.6 Å². The summed E-state index contributed by atoms with van der Waals surface area (Å²) in [5.74, 6) is 0. The zero-order valence-electron chi connectivity index (χ0n) is 15.0. The van der Waals surface area contributed by atoms with Crippen molar-refractivity contribution in [3.8, 4) is 5.69 Å². The number of hydrogen-bond donors (Lipinski definition) is 1. The van der Waals surface area contributed by atoms with Crippen LogP contribution in [0.2, 0.25) is 0 Å². The monoisotopic (exact) mass is 342 g/mol. The first kappa shape index (κ1) is 17.6. The number of aromatic amines is 1. The fraction of sp³-hybridized carbons (Fsp3) is 0.474. The van der Waals surface area contributed by atoms with Gasteiger partial charge in [-0.1, -0.05) is 18.2 Å². The normalized spacial score (nSPS) is 16.3. The minimum atomic E-state index is -0.0434. The second-order valence-electron chi connectivity index (χ2n) is 6.36. The quantitative estimate of drug-likeness (QED) is 0.645. The second-order valence-corrected chi connectivity index (χ2v) is 6.36. The first-order valence-corrected chi connectivity index (χ1v) is 8.85. The van der Waals surface area contributed by atoms with E-state index in [2.05, 4.69) is 15.0 Å². The van der Waals surface area contributed by atoms with E-state index in [0.29, 0.717) is 5.56 Å². The van der Waals surface area contributed by atoms with E-state index in [1.165, 1.54) is 0 Å². The molecule has 2 heterocycles. The van der Waals surface area contributed by atoms with Gasteiger partial charge in [-0.25, -0.2) is 4.68 Å². The summed E-state index contributed by atoms with van der Waals surface area (Å²) < 4.78 is 6.94. The van der Waals surface area contributed by atoms with Crippen LogP contribution < -0.4 is 5.56 Å². The number of morpholine rings is 1. The van der Waals surface area contributed by atoms with Gasteiger partial charge in [0.1, 0.15) is 0 Å². The Morgan fingerprint density at radius 2 is 1.96 bits per heavy atom. The lowest BCUT2D eigenvalue weighted by molar-refractivity contribution is 0.0377. The Morgan fingerprint density at radius 3 is 2.68 bits per heavy atom. The van der Waals surface area contributed by atoms with E-state index in [-0.39, 0.29) is 5.56 Å². The van der Waals surface area contributed by atoms with Crippen LogP contribution in [0.4, 0.5) is 0 Å². The fourth-order valence-electron chi connectivity index (χ4n) is 3.18. The number of nitrogens with one attached hydrogen (secondary N) is 1. The van der Waals surface area contributed by atoms with Gasteiger partial charge in [-0.05, 0) is 32.4 Å². The van der Waals surface area contributed by atoms with Crippen molar-refractivity contribution in [2.75, 3.05) is 39.4 Å². The van der Waals surface area contributed by atoms with Gasteiger partial charge in [-0.2, -0.15) is 0 Å². The van der Waals surface area contributed by atoms with Crippen molar-refractivity contribution in [1.82, 2.24) is 14.7 Å². The third-order valence-corrected chi connectivity index (χ3v) is 4.53. The van der Waals surface area contributed by atoms with E-state index in [4.69, 9.17) is 4.74 Å². The number of aryl methyl sites for hydroxylation is 1. The van der Waals surface area contributed by atoms with Gasteiger partial charge in [-0.3, -0.25) is 19.8 Å². The molecule has 25 heavy (non-hydrogen) atoms. The number of rotatable bonds is 6. The molecule has 6 nitrogen and oxygen atoms in total. The summed E-state index contributed by atoms with van der Waals surface area (Å²) in [6.45, 7) is 9.25. The summed E-state index contributed by atoms with van der Waals surface area (Å²) in [5.41, 5.74) is 3.12. The average Bonchev–Trinajstić information content (AvgIpc) is 2.94. The molecule has 0 amide bonds. The van der Waals surface area contributed by atoms with Crippen molar-refractivity contribution in [2.24, 2.45) is 4.99 Å². The predicted octanol–water partition coefficient (Wildman–Crippen LogP) is 2.01. The number of H-pyrrole nitrogens is 1. The molecule has 1 aromatic heterocycles. The molecule has 0 unspecified atom stereocenters. The molecule has 0 atom stereocenters. The van der Waals surface area contributed by atoms with Gasteiger partial charge in [0.2, 0.25) is 0 Å². The first-order chi connectivity index (χ1) is 12.2. The van der Waals surface area contributed by atoms with Crippen LogP contribution in [0, 0.1) is 6.92 Å². The third kappa shape index (κ3) is 4.27. The highest BCUT2D eigenvalue weighted by Crippen LogP contribution is 2.08. The highest BCUT2D eigenvalue weighted by Gasteiger charge is 2.15. The Kier molecular flexibility index (Phi) is 5.83. The van der Waals surface area contributed by atoms with Crippen LogP contribution >= 0.6 is 0 Å². The number of aromatic nitrogens is 2. The number of benzene rings is 1. The summed E-state index contributed by atoms with van der Waals surface area (Å²) in [5, 5.41) is 3.15. The van der Waals surface area contributed by atoms with Crippen molar-refractivity contribution >= 4 is 5.71 Å². The Hall–Kier alpha value is -2.18. The summed E-state index contributed by atoms with van der Waals surface area (Å²) in [6, 6.07) is 9.60. The van der Waals surface area contributed by atoms with E-state index in [0.717, 1.165) is 62.9 Å². The average molecular weight is 342 g/mol. The molecule has 0 saturated carbocycles. The maximum atomic E-state index is 12.7. The summed E-state index contributed by atoms with van der Waals surface area (Å²) >= 11 is 0. The molecule has 1 aliphatic rings. The Morgan fingerprint density at radius 1 is 1.24 bits per heavy atom. The molecule has 1 aromatic carbocycles. The Labute approximate surface area is 148 Å². The summed E-state index contributed by atoms with van der Waals surface area (Å²) in [6.07, 6.45) is 0.994. The smallest absolute Gasteiger partial charge is 0.280 e. The highest BCUT2D eigenvalue weighted by molar-refractivity contribution is 5.99. The molecule has 0 radical (unpaired) electrons. The lowest BCUT2D eigenvalue weighted by Crippen LogP contribution is -2.37. The van der Waals surface area contributed by atoms with E-state index in [1.54, 1.807) is 4.68 Å². The van der Waals surface area contributed by atoms with Gasteiger partial charge in [0.15, 0.2) is 0 Å². The molecule has 3 rings (SSSR count). The van der Waals surface area contributed by atoms with Gasteiger partial charge >= 0.3 is 0 Å². The number of aliphatic imine (C=N–C) groups is 1. The lowest BCUT2D eigenvalue weighted by Gasteiger charge is -2.26. The van der Waals surface area contributed by atoms with Crippen LogP contribution in [-0.2, 0) is 4.74 Å². The number of nitrogens with zero attached hydrogens (tertiary/aromatic N) is 3. The largest absolute Gasteiger partial charge is 0.379 e. The minimum absolute atomic E-state index is 0.0434. The molecule has 1 fully saturated rings. The second kappa shape index (κ2) is 8.27. The van der Waals surface area contributed by atoms with Crippen molar-refractivity contribution in [2.45, 2.75) is 20.3 Å². The summed E-state index contributed by atoms with van der Waals surface area (Å²) in [4.78, 5) is 19.8. The number of hydrogen-bond acceptors (Lipinski definition) is 4. The standard InChI is InChI=1S/C19H26N4O2/c1-15(20-9-6-10-22-11-13-25-14-12-22)18-16(2)21-23(19(18)24)17-7-4-3-5-8-17/h3-5,7-8,21H,6,9-14H2,1-2H3. The maximum Gasteiger partial charge on any atom is 0.280 e. The van der Waals surface area contributed by atoms with Gasteiger partial charge < -0.3 is 4.74 Å². The Balaban J connectivity index is 1.66. The zero-order chi connectivity index (χ0) is 17.6. The molecule has 1 saturated heterocycles. The van der Waals surface area contributed by atoms with E-state index in [9.17, 15) is 4.79 Å². The lowest BCUT2D eigenvalue weighted by atomic mass is 10.2. The van der Waals surface area contributed by atoms with Gasteiger partial charge in [0.25, 0.3) is 5.56 Å². The van der Waals surface area contributed by atoms with Gasteiger partial charge in [0, 0.05) is 37.6 Å². The molecule has 6 heteroatoms. The molecule has 1 N–H and O–H groups in total. The van der Waals surface area contributed by atoms with Gasteiger partial charge in [0.05, 0.1) is 24.5 Å². The molecule has 1 aliphatic heterocycles. The maximum absolute atomic E-state index is 12.7. The SMILES string of the molecule is CC(=NCCCN1CCOCC1)c1c(C)[nH]n(-c2ccccc2)c1=O. The van der Waals surface area contributed by atoms with Crippen LogP contribution in [0.5, 0.6) is 0 Å². The Bertz CT molecular complexity index is 770. The third-order valence-electron chi connectivity index (χ3n) is 4.53. The van der Waals surface area contributed by atoms with Crippen molar-refractivity contribution in [3.63, 3.8) is 0 Å².